The number of aromatic amines is 4. The largest absolute Gasteiger partial charge is 0.372 e. The van der Waals surface area contributed by atoms with E-state index in [1.807, 2.05) is 95.3 Å². The summed E-state index contributed by atoms with van der Waals surface area (Å²) < 4.78 is 2.51. The Labute approximate surface area is 613 Å². The summed E-state index contributed by atoms with van der Waals surface area (Å²) in [4.78, 5) is 107. The van der Waals surface area contributed by atoms with E-state index >= 15 is 0 Å². The molecule has 520 valence electrons. The van der Waals surface area contributed by atoms with Gasteiger partial charge in [-0.05, 0) is 139 Å². The Bertz CT molecular complexity index is 4770. The van der Waals surface area contributed by atoms with Crippen LogP contribution in [0.15, 0.2) is 122 Å². The third kappa shape index (κ3) is 16.8. The van der Waals surface area contributed by atoms with Gasteiger partial charge in [0.15, 0.2) is 45.7 Å². The lowest BCUT2D eigenvalue weighted by molar-refractivity contribution is 0.0853. The Morgan fingerprint density at radius 2 is 0.727 bits per heavy atom. The summed E-state index contributed by atoms with van der Waals surface area (Å²) >= 11 is 13.3. The van der Waals surface area contributed by atoms with Crippen LogP contribution in [0.5, 0.6) is 0 Å². The summed E-state index contributed by atoms with van der Waals surface area (Å²) in [6, 6.07) is 25.4. The second-order valence-corrected chi connectivity index (χ2v) is 32.2. The van der Waals surface area contributed by atoms with Crippen molar-refractivity contribution in [1.29, 1.82) is 0 Å². The van der Waals surface area contributed by atoms with Crippen LogP contribution >= 0.6 is 63.7 Å². The van der Waals surface area contributed by atoms with Gasteiger partial charge in [-0.3, -0.25) is 19.2 Å². The molecule has 99 heavy (non-hydrogen) atoms. The maximum atomic E-state index is 13.8. The molecule has 11 heterocycles. The van der Waals surface area contributed by atoms with Gasteiger partial charge in [-0.2, -0.15) is 0 Å². The third-order valence-corrected chi connectivity index (χ3v) is 19.2. The second kappa shape index (κ2) is 30.5. The number of hydrogen-bond acceptors (Lipinski definition) is 15. The fourth-order valence-corrected chi connectivity index (χ4v) is 13.7. The summed E-state index contributed by atoms with van der Waals surface area (Å²) in [6.45, 7) is 29.5. The average Bonchev–Trinajstić information content (AvgIpc) is 1.62. The van der Waals surface area contributed by atoms with Gasteiger partial charge >= 0.3 is 0 Å². The molecule has 3 aromatic carbocycles. The second-order valence-electron chi connectivity index (χ2n) is 28.9. The molecule has 0 amide bonds. The van der Waals surface area contributed by atoms with Gasteiger partial charge in [0.25, 0.3) is 0 Å². The minimum atomic E-state index is -0.552. The van der Waals surface area contributed by atoms with Crippen molar-refractivity contribution in [3.8, 4) is 33.8 Å². The topological polar surface area (TPSA) is 244 Å². The van der Waals surface area contributed by atoms with E-state index in [4.69, 9.17) is 15.0 Å². The van der Waals surface area contributed by atoms with Crippen molar-refractivity contribution < 1.29 is 19.2 Å². The molecule has 3 aliphatic rings. The van der Waals surface area contributed by atoms with Crippen LogP contribution in [0.1, 0.15) is 178 Å². The SMILES string of the molecule is C.C.CC(C)(C)C(=O)c1c(-c2cccc(N3CCCC3)c2)[nH]c2ncc(-c3cccc(N4CCCC4)c3)nc12.CC(C)(C)C(=O)c1c(Br)[nH]c2ncc(-c3cccc(N4CCCC4)c3)nc12.CC(C)(C)C(=O)c1c(Br)[nH]c2ncc(Br)nc12.CC(C)(C)C(=O)c1c[nH]c2ncc(Br)nc12. The number of ketones is 4. The number of aromatic nitrogens is 12. The zero-order valence-corrected chi connectivity index (χ0v) is 63.2. The maximum Gasteiger partial charge on any atom is 0.173 e. The molecule has 8 aromatic heterocycles. The number of benzene rings is 3. The number of halogens is 4. The van der Waals surface area contributed by atoms with E-state index in [0.29, 0.717) is 85.3 Å². The van der Waals surface area contributed by atoms with Gasteiger partial charge in [-0.25, -0.2) is 39.9 Å². The van der Waals surface area contributed by atoms with Gasteiger partial charge in [0.1, 0.15) is 31.3 Å². The van der Waals surface area contributed by atoms with E-state index in [1.54, 1.807) is 24.8 Å². The van der Waals surface area contributed by atoms with Crippen molar-refractivity contribution in [2.45, 2.75) is 136 Å². The monoisotopic (exact) mass is 1590 g/mol. The van der Waals surface area contributed by atoms with Crippen molar-refractivity contribution in [2.24, 2.45) is 21.7 Å². The number of hydrogen-bond donors (Lipinski definition) is 4. The van der Waals surface area contributed by atoms with Crippen LogP contribution in [0.3, 0.4) is 0 Å². The van der Waals surface area contributed by atoms with Crippen LogP contribution in [0.25, 0.3) is 78.4 Å². The molecule has 0 bridgehead atoms. The molecule has 0 aliphatic carbocycles. The summed E-state index contributed by atoms with van der Waals surface area (Å²) in [7, 11) is 0. The fourth-order valence-electron chi connectivity index (χ4n) is 12.0. The highest BCUT2D eigenvalue weighted by atomic mass is 79.9. The highest BCUT2D eigenvalue weighted by Crippen LogP contribution is 2.39. The number of rotatable bonds is 10. The van der Waals surface area contributed by atoms with Crippen LogP contribution in [0.4, 0.5) is 17.1 Å². The average molecular weight is 1600 g/mol. The zero-order valence-electron chi connectivity index (χ0n) is 56.9. The van der Waals surface area contributed by atoms with Crippen molar-refractivity contribution >= 4 is 149 Å². The first-order valence-corrected chi connectivity index (χ1v) is 36.0. The van der Waals surface area contributed by atoms with Gasteiger partial charge in [0, 0.05) is 101 Å². The zero-order chi connectivity index (χ0) is 69.5. The summed E-state index contributed by atoms with van der Waals surface area (Å²) in [5, 5.41) is 0. The Balaban J connectivity index is 0.000000162. The van der Waals surface area contributed by atoms with Gasteiger partial charge in [-0.1, -0.05) is 134 Å². The molecule has 19 nitrogen and oxygen atoms in total. The van der Waals surface area contributed by atoms with Crippen LogP contribution in [-0.2, 0) is 0 Å². The number of H-pyrrole nitrogens is 4. The molecule has 14 rings (SSSR count). The Morgan fingerprint density at radius 1 is 0.394 bits per heavy atom. The van der Waals surface area contributed by atoms with Crippen LogP contribution in [0.2, 0.25) is 0 Å². The Morgan fingerprint density at radius 3 is 1.14 bits per heavy atom. The smallest absolute Gasteiger partial charge is 0.173 e. The van der Waals surface area contributed by atoms with E-state index in [9.17, 15) is 19.2 Å². The first-order valence-electron chi connectivity index (χ1n) is 32.8. The quantitative estimate of drug-likeness (QED) is 0.0930. The minimum Gasteiger partial charge on any atom is -0.372 e. The lowest BCUT2D eigenvalue weighted by Gasteiger charge is -2.19. The number of nitrogens with zero attached hydrogens (tertiary/aromatic N) is 11. The van der Waals surface area contributed by atoms with Crippen molar-refractivity contribution in [1.82, 2.24) is 59.8 Å². The predicted octanol–water partition coefficient (Wildman–Crippen LogP) is 19.9. The van der Waals surface area contributed by atoms with E-state index in [2.05, 4.69) is 190 Å². The number of carbonyl (C=O) groups is 4. The molecule has 3 fully saturated rings. The molecule has 11 aromatic rings. The number of fused-ring (bicyclic) bond motifs is 4. The molecule has 23 heteroatoms. The molecule has 4 N–H and O–H groups in total. The molecule has 0 radical (unpaired) electrons. The predicted molar refractivity (Wildman–Crippen MR) is 416 cm³/mol. The van der Waals surface area contributed by atoms with Crippen molar-refractivity contribution in [3.05, 3.63) is 144 Å². The molecular weight excluding hydrogens is 1510 g/mol. The lowest BCUT2D eigenvalue weighted by atomic mass is 9.85. The molecule has 3 aliphatic heterocycles. The first kappa shape index (κ1) is 75.3. The van der Waals surface area contributed by atoms with Crippen molar-refractivity contribution in [3.63, 3.8) is 0 Å². The molecule has 0 spiro atoms. The van der Waals surface area contributed by atoms with Crippen molar-refractivity contribution in [2.75, 3.05) is 54.0 Å². The molecule has 0 atom stereocenters. The summed E-state index contributed by atoms with van der Waals surface area (Å²) in [5.74, 6) is 0.199. The Kier molecular flexibility index (Phi) is 23.2. The minimum absolute atomic E-state index is 0. The molecule has 3 saturated heterocycles. The van der Waals surface area contributed by atoms with E-state index in [1.165, 1.54) is 55.6 Å². The number of anilines is 3. The fraction of sp³-hybridized carbons (Fsp3) is 0.395. The number of carbonyl (C=O) groups excluding carboxylic acids is 4. The third-order valence-electron chi connectivity index (χ3n) is 17.2. The highest BCUT2D eigenvalue weighted by Gasteiger charge is 2.34. The standard InChI is InChI=1S/C31H35N5O.C21H23BrN4O.C11H11Br2N3O.C11H12BrN3O.2CH4/c1-31(2,3)29(37)26-27(22-11-9-13-24(19-22)36-16-6-7-17-36)34-30-28(26)33-25(20-32-30)21-10-8-12-23(18-21)35-14-4-5-15-35;1-21(2,3)18(27)16-17-20(25-19(16)22)23-12-15(24-17)13-7-6-8-14(11-13)26-9-4-5-10-26;1-11(2,3)8(17)6-7-10(16-9(6)13)14-4-5(12)15-7;1-11(2,3)9(16)6-4-13-10-8(6)15-7(12)5-14-10;;/h8-13,18-20H,4-7,14-17H2,1-3H3,(H,32,34);6-8,11-12H,4-5,9-10H2,1-3H3,(H,23,25);4H,1-3H3,(H,14,16);4-5H,1-3H3,(H,13,14);2*1H4. The van der Waals surface area contributed by atoms with Gasteiger partial charge < -0.3 is 34.6 Å². The normalized spacial score (nSPS) is 14.1. The first-order chi connectivity index (χ1) is 45.9. The van der Waals surface area contributed by atoms with Crippen LogP contribution in [-0.4, -0.2) is 122 Å². The maximum absolute atomic E-state index is 13.8. The van der Waals surface area contributed by atoms with Gasteiger partial charge in [0.05, 0.1) is 73.3 Å². The molecular formula is C76H89Br4N15O4. The number of Topliss-reactive ketones (excluding diaryl/α,β-unsaturated/α-hetero) is 4. The summed E-state index contributed by atoms with van der Waals surface area (Å²) in [5.41, 5.74) is 14.4. The Hall–Kier alpha value is -7.86. The molecule has 0 unspecified atom stereocenters. The van der Waals surface area contributed by atoms with Gasteiger partial charge in [0.2, 0.25) is 0 Å². The molecule has 0 saturated carbocycles. The van der Waals surface area contributed by atoms with E-state index in [-0.39, 0.29) is 38.0 Å². The van der Waals surface area contributed by atoms with Crippen LogP contribution < -0.4 is 14.7 Å². The van der Waals surface area contributed by atoms with E-state index < -0.39 is 21.7 Å². The van der Waals surface area contributed by atoms with Gasteiger partial charge in [-0.15, -0.1) is 0 Å². The lowest BCUT2D eigenvalue weighted by Crippen LogP contribution is -2.21. The summed E-state index contributed by atoms with van der Waals surface area (Å²) in [6.07, 6.45) is 15.8. The highest BCUT2D eigenvalue weighted by molar-refractivity contribution is 9.11. The van der Waals surface area contributed by atoms with Crippen LogP contribution in [0, 0.1) is 21.7 Å². The number of nitrogens with one attached hydrogen (secondary N) is 4. The van der Waals surface area contributed by atoms with E-state index in [0.717, 1.165) is 73.0 Å².